The van der Waals surface area contributed by atoms with E-state index in [-0.39, 0.29) is 6.54 Å². The third kappa shape index (κ3) is 2.80. The summed E-state index contributed by atoms with van der Waals surface area (Å²) in [5.41, 5.74) is 0.0305. The number of fused-ring (bicyclic) bond motifs is 1. The highest BCUT2D eigenvalue weighted by molar-refractivity contribution is 6.66. The van der Waals surface area contributed by atoms with Crippen molar-refractivity contribution in [3.63, 3.8) is 0 Å². The molecule has 0 fully saturated rings. The second-order valence-electron chi connectivity index (χ2n) is 4.32. The Kier molecular flexibility index (Phi) is 3.54. The zero-order chi connectivity index (χ0) is 13.2. The van der Waals surface area contributed by atoms with Crippen LogP contribution in [0.2, 0.25) is 0 Å². The van der Waals surface area contributed by atoms with Gasteiger partial charge in [-0.3, -0.25) is 0 Å². The summed E-state index contributed by atoms with van der Waals surface area (Å²) in [6, 6.07) is 7.15. The van der Waals surface area contributed by atoms with E-state index in [2.05, 4.69) is 6.58 Å². The molecule has 6 heteroatoms. The van der Waals surface area contributed by atoms with Gasteiger partial charge in [0.2, 0.25) is 0 Å². The number of rotatable bonds is 3. The van der Waals surface area contributed by atoms with E-state index in [1.54, 1.807) is 23.1 Å². The minimum absolute atomic E-state index is 0.191. The normalized spacial score (nSPS) is 15.6. The highest BCUT2D eigenvalue weighted by atomic mass is 19.4. The van der Waals surface area contributed by atoms with E-state index in [1.165, 1.54) is 0 Å². The Morgan fingerprint density at radius 1 is 1.33 bits per heavy atom. The van der Waals surface area contributed by atoms with Gasteiger partial charge in [-0.15, -0.1) is 12.1 Å². The van der Waals surface area contributed by atoms with Gasteiger partial charge in [-0.05, 0) is 18.6 Å². The molecule has 98 valence electrons. The van der Waals surface area contributed by atoms with Crippen molar-refractivity contribution >= 4 is 12.7 Å². The van der Waals surface area contributed by atoms with Gasteiger partial charge in [-0.2, -0.15) is 0 Å². The van der Waals surface area contributed by atoms with Crippen molar-refractivity contribution in [1.29, 1.82) is 0 Å². The second kappa shape index (κ2) is 4.96. The van der Waals surface area contributed by atoms with Gasteiger partial charge >= 0.3 is 6.98 Å². The fourth-order valence-electron chi connectivity index (χ4n) is 1.91. The molecular weight excluding hydrogens is 242 g/mol. The smallest absolute Gasteiger partial charge is 0.491 e. The molecule has 0 amide bonds. The Bertz CT molecular complexity index is 447. The SMILES string of the molecule is C=C(CN1CCCOc2ccccc21)[B-](F)(F)F. The molecule has 0 saturated carbocycles. The minimum atomic E-state index is -4.98. The van der Waals surface area contributed by atoms with Crippen LogP contribution in [0.3, 0.4) is 0 Å². The van der Waals surface area contributed by atoms with Crippen LogP contribution in [0.15, 0.2) is 36.3 Å². The second-order valence-corrected chi connectivity index (χ2v) is 4.32. The molecule has 2 nitrogen and oxygen atoms in total. The third-order valence-corrected chi connectivity index (χ3v) is 2.89. The fourth-order valence-corrected chi connectivity index (χ4v) is 1.91. The molecule has 2 rings (SSSR count). The van der Waals surface area contributed by atoms with Gasteiger partial charge in [0.15, 0.2) is 0 Å². The molecule has 1 aliphatic rings. The number of para-hydroxylation sites is 2. The molecule has 0 spiro atoms. The predicted octanol–water partition coefficient (Wildman–Crippen LogP) is 3.22. The molecule has 0 bridgehead atoms. The van der Waals surface area contributed by atoms with E-state index >= 15 is 0 Å². The Morgan fingerprint density at radius 2 is 2.06 bits per heavy atom. The molecular formula is C12H14BF3NO-. The van der Waals surface area contributed by atoms with Crippen LogP contribution < -0.4 is 9.64 Å². The number of hydrogen-bond donors (Lipinski definition) is 0. The van der Waals surface area contributed by atoms with Crippen LogP contribution in [0.1, 0.15) is 6.42 Å². The quantitative estimate of drug-likeness (QED) is 0.770. The number of anilines is 1. The maximum Gasteiger partial charge on any atom is 0.506 e. The fraction of sp³-hybridized carbons (Fsp3) is 0.333. The number of ether oxygens (including phenoxy) is 1. The molecule has 0 aromatic heterocycles. The lowest BCUT2D eigenvalue weighted by Crippen LogP contribution is -2.33. The highest BCUT2D eigenvalue weighted by Crippen LogP contribution is 2.32. The van der Waals surface area contributed by atoms with E-state index < -0.39 is 12.4 Å². The van der Waals surface area contributed by atoms with Gasteiger partial charge in [-0.1, -0.05) is 12.1 Å². The summed E-state index contributed by atoms with van der Waals surface area (Å²) >= 11 is 0. The number of nitrogens with zero attached hydrogens (tertiary/aromatic N) is 1. The number of benzene rings is 1. The average molecular weight is 256 g/mol. The first-order chi connectivity index (χ1) is 8.48. The molecule has 1 aromatic rings. The lowest BCUT2D eigenvalue weighted by Gasteiger charge is -2.28. The molecule has 1 aromatic carbocycles. The predicted molar refractivity (Wildman–Crippen MR) is 67.0 cm³/mol. The van der Waals surface area contributed by atoms with Crippen LogP contribution in [0.4, 0.5) is 18.6 Å². The Morgan fingerprint density at radius 3 is 2.78 bits per heavy atom. The van der Waals surface area contributed by atoms with Crippen molar-refractivity contribution in [3.05, 3.63) is 36.3 Å². The highest BCUT2D eigenvalue weighted by Gasteiger charge is 2.28. The molecule has 0 N–H and O–H groups in total. The summed E-state index contributed by atoms with van der Waals surface area (Å²) in [4.78, 5) is 1.68. The zero-order valence-corrected chi connectivity index (χ0v) is 9.91. The van der Waals surface area contributed by atoms with Crippen LogP contribution in [0, 0.1) is 0 Å². The molecule has 18 heavy (non-hydrogen) atoms. The first kappa shape index (κ1) is 12.9. The minimum Gasteiger partial charge on any atom is -0.491 e. The van der Waals surface area contributed by atoms with Crippen LogP contribution >= 0.6 is 0 Å². The standard InChI is InChI=1S/C12H14BF3NO/c1-10(13(14,15)16)9-17-7-4-8-18-12-6-3-2-5-11(12)17/h2-3,5-6H,1,4,7-9H2/q-1. The lowest BCUT2D eigenvalue weighted by molar-refractivity contribution is 0.322. The Labute approximate surface area is 104 Å². The van der Waals surface area contributed by atoms with Gasteiger partial charge in [0, 0.05) is 13.1 Å². The molecule has 0 radical (unpaired) electrons. The first-order valence-electron chi connectivity index (χ1n) is 5.83. The summed E-state index contributed by atoms with van der Waals surface area (Å²) in [7, 11) is 0. The van der Waals surface area contributed by atoms with Crippen molar-refractivity contribution < 1.29 is 17.7 Å². The molecule has 0 saturated heterocycles. The van der Waals surface area contributed by atoms with Gasteiger partial charge in [-0.25, -0.2) is 0 Å². The van der Waals surface area contributed by atoms with Gasteiger partial charge in [0.1, 0.15) is 5.75 Å². The summed E-state index contributed by atoms with van der Waals surface area (Å²) in [5.74, 6) is 0.637. The average Bonchev–Trinajstić information content (AvgIpc) is 2.51. The third-order valence-electron chi connectivity index (χ3n) is 2.89. The van der Waals surface area contributed by atoms with Crippen molar-refractivity contribution in [2.45, 2.75) is 6.42 Å². The molecule has 0 aliphatic carbocycles. The first-order valence-corrected chi connectivity index (χ1v) is 5.83. The van der Waals surface area contributed by atoms with Crippen LogP contribution in [0.5, 0.6) is 5.75 Å². The van der Waals surface area contributed by atoms with E-state index in [0.717, 1.165) is 0 Å². The van der Waals surface area contributed by atoms with Crippen LogP contribution in [-0.4, -0.2) is 26.7 Å². The summed E-state index contributed by atoms with van der Waals surface area (Å²) in [6.07, 6.45) is 0.701. The summed E-state index contributed by atoms with van der Waals surface area (Å²) < 4.78 is 43.3. The van der Waals surface area contributed by atoms with Crippen molar-refractivity contribution in [1.82, 2.24) is 0 Å². The van der Waals surface area contributed by atoms with Gasteiger partial charge in [0.05, 0.1) is 12.3 Å². The maximum atomic E-state index is 12.6. The van der Waals surface area contributed by atoms with Gasteiger partial charge < -0.3 is 22.6 Å². The van der Waals surface area contributed by atoms with Crippen molar-refractivity contribution in [3.8, 4) is 5.75 Å². The van der Waals surface area contributed by atoms with Gasteiger partial charge in [0.25, 0.3) is 0 Å². The van der Waals surface area contributed by atoms with Crippen molar-refractivity contribution in [2.24, 2.45) is 0 Å². The van der Waals surface area contributed by atoms with Crippen LogP contribution in [-0.2, 0) is 0 Å². The topological polar surface area (TPSA) is 12.5 Å². The Hall–Kier alpha value is -1.59. The maximum absolute atomic E-state index is 12.6. The monoisotopic (exact) mass is 256 g/mol. The summed E-state index contributed by atoms with van der Waals surface area (Å²) in [5, 5.41) is 0. The molecule has 0 atom stereocenters. The molecule has 1 aliphatic heterocycles. The largest absolute Gasteiger partial charge is 0.506 e. The number of halogens is 3. The zero-order valence-electron chi connectivity index (χ0n) is 9.91. The van der Waals surface area contributed by atoms with Crippen molar-refractivity contribution in [2.75, 3.05) is 24.6 Å². The van der Waals surface area contributed by atoms with Crippen LogP contribution in [0.25, 0.3) is 0 Å². The summed E-state index contributed by atoms with van der Waals surface area (Å²) in [6.45, 7) is -0.959. The van der Waals surface area contributed by atoms with E-state index in [4.69, 9.17) is 4.74 Å². The van der Waals surface area contributed by atoms with E-state index in [9.17, 15) is 12.9 Å². The number of hydrogen-bond acceptors (Lipinski definition) is 2. The lowest BCUT2D eigenvalue weighted by atomic mass is 9.80. The van der Waals surface area contributed by atoms with E-state index in [0.29, 0.717) is 31.0 Å². The molecule has 0 unspecified atom stereocenters. The Balaban J connectivity index is 2.21. The van der Waals surface area contributed by atoms with E-state index in [1.807, 2.05) is 6.07 Å². The molecule has 1 heterocycles.